The van der Waals surface area contributed by atoms with E-state index in [1.165, 1.54) is 19.3 Å². The second kappa shape index (κ2) is 8.60. The lowest BCUT2D eigenvalue weighted by Crippen LogP contribution is -2.28. The molecule has 11 heteroatoms. The molecule has 0 amide bonds. The van der Waals surface area contributed by atoms with Crippen molar-refractivity contribution in [1.29, 1.82) is 0 Å². The van der Waals surface area contributed by atoms with Gasteiger partial charge >= 0.3 is 0 Å². The van der Waals surface area contributed by atoms with Crippen LogP contribution < -0.4 is 14.4 Å². The standard InChI is InChI=1S/C19H23N3O6S2/c1-22(30(26,27)18-6-3-4-7-20-18)17-12-16(28-8-5-9-29(2,24)25)11-14-10-15(13-23)21-19(14)17/h3-4,6-7,11-13,15,21H,5,8-10H2,1-2H3. The molecule has 9 nitrogen and oxygen atoms in total. The molecule has 3 rings (SSSR count). The first-order chi connectivity index (χ1) is 14.1. The van der Waals surface area contributed by atoms with Crippen LogP contribution in [0.4, 0.5) is 11.4 Å². The minimum absolute atomic E-state index is 0.00642. The van der Waals surface area contributed by atoms with E-state index in [0.29, 0.717) is 30.0 Å². The van der Waals surface area contributed by atoms with Crippen molar-refractivity contribution in [3.8, 4) is 5.75 Å². The Morgan fingerprint density at radius 2 is 2.03 bits per heavy atom. The molecule has 0 saturated carbocycles. The Hall–Kier alpha value is -2.66. The number of anilines is 2. The summed E-state index contributed by atoms with van der Waals surface area (Å²) in [7, 11) is -5.63. The number of hydrogen-bond donors (Lipinski definition) is 1. The highest BCUT2D eigenvalue weighted by molar-refractivity contribution is 7.92. The number of sulfone groups is 1. The number of carbonyl (C=O) groups is 1. The van der Waals surface area contributed by atoms with Crippen molar-refractivity contribution in [2.75, 3.05) is 35.3 Å². The summed E-state index contributed by atoms with van der Waals surface area (Å²) >= 11 is 0. The van der Waals surface area contributed by atoms with Crippen LogP contribution in [0, 0.1) is 0 Å². The molecule has 0 aliphatic carbocycles. The molecular weight excluding hydrogens is 430 g/mol. The van der Waals surface area contributed by atoms with Crippen LogP contribution in [-0.2, 0) is 31.1 Å². The van der Waals surface area contributed by atoms with Crippen molar-refractivity contribution < 1.29 is 26.4 Å². The highest BCUT2D eigenvalue weighted by Crippen LogP contribution is 2.40. The van der Waals surface area contributed by atoms with Crippen molar-refractivity contribution >= 4 is 37.5 Å². The van der Waals surface area contributed by atoms with Gasteiger partial charge in [0.1, 0.15) is 21.9 Å². The summed E-state index contributed by atoms with van der Waals surface area (Å²) in [6.07, 6.45) is 4.02. The topological polar surface area (TPSA) is 123 Å². The molecule has 1 N–H and O–H groups in total. The SMILES string of the molecule is CN(c1cc(OCCCS(C)(=O)=O)cc2c1NC(C=O)C2)S(=O)(=O)c1ccccn1. The minimum Gasteiger partial charge on any atom is -0.493 e. The summed E-state index contributed by atoms with van der Waals surface area (Å²) < 4.78 is 55.4. The van der Waals surface area contributed by atoms with E-state index in [9.17, 15) is 21.6 Å². The van der Waals surface area contributed by atoms with Gasteiger partial charge in [-0.2, -0.15) is 8.42 Å². The highest BCUT2D eigenvalue weighted by Gasteiger charge is 2.30. The lowest BCUT2D eigenvalue weighted by Gasteiger charge is -2.23. The number of fused-ring (bicyclic) bond motifs is 1. The zero-order valence-corrected chi connectivity index (χ0v) is 18.2. The molecule has 0 saturated heterocycles. The van der Waals surface area contributed by atoms with E-state index in [2.05, 4.69) is 10.3 Å². The van der Waals surface area contributed by atoms with Gasteiger partial charge in [0.2, 0.25) is 0 Å². The first kappa shape index (κ1) is 22.0. The largest absolute Gasteiger partial charge is 0.493 e. The second-order valence-corrected chi connectivity index (χ2v) is 11.2. The number of carbonyl (C=O) groups excluding carboxylic acids is 1. The van der Waals surface area contributed by atoms with Gasteiger partial charge in [-0.25, -0.2) is 13.4 Å². The Labute approximate surface area is 176 Å². The molecule has 2 aromatic rings. The van der Waals surface area contributed by atoms with Crippen LogP contribution in [-0.4, -0.2) is 59.8 Å². The molecule has 0 radical (unpaired) electrons. The molecule has 1 aromatic heterocycles. The number of nitrogens with zero attached hydrogens (tertiary/aromatic N) is 2. The molecule has 1 aromatic carbocycles. The minimum atomic E-state index is -3.94. The lowest BCUT2D eigenvalue weighted by atomic mass is 10.1. The Bertz CT molecular complexity index is 1130. The average molecular weight is 454 g/mol. The van der Waals surface area contributed by atoms with Crippen LogP contribution in [0.15, 0.2) is 41.6 Å². The number of nitrogens with one attached hydrogen (secondary N) is 1. The molecular formula is C19H23N3O6S2. The van der Waals surface area contributed by atoms with Gasteiger partial charge in [-0.1, -0.05) is 6.07 Å². The third-order valence-corrected chi connectivity index (χ3v) is 7.35. The van der Waals surface area contributed by atoms with Crippen LogP contribution in [0.25, 0.3) is 0 Å². The van der Waals surface area contributed by atoms with Crippen LogP contribution in [0.3, 0.4) is 0 Å². The molecule has 2 heterocycles. The summed E-state index contributed by atoms with van der Waals surface area (Å²) in [6.45, 7) is 0.159. The zero-order chi connectivity index (χ0) is 21.9. The van der Waals surface area contributed by atoms with Gasteiger partial charge < -0.3 is 14.8 Å². The van der Waals surface area contributed by atoms with E-state index in [-0.39, 0.29) is 17.4 Å². The van der Waals surface area contributed by atoms with Crippen LogP contribution in [0.1, 0.15) is 12.0 Å². The molecule has 1 aliphatic heterocycles. The Kier molecular flexibility index (Phi) is 6.32. The Morgan fingerprint density at radius 3 is 2.67 bits per heavy atom. The van der Waals surface area contributed by atoms with Crippen molar-refractivity contribution in [3.63, 3.8) is 0 Å². The van der Waals surface area contributed by atoms with Gasteiger partial charge in [0.15, 0.2) is 5.03 Å². The molecule has 1 aliphatic rings. The number of hydrogen-bond acceptors (Lipinski definition) is 8. The third-order valence-electron chi connectivity index (χ3n) is 4.64. The van der Waals surface area contributed by atoms with E-state index < -0.39 is 25.9 Å². The molecule has 0 fully saturated rings. The first-order valence-electron chi connectivity index (χ1n) is 9.21. The van der Waals surface area contributed by atoms with Gasteiger partial charge in [-0.05, 0) is 30.2 Å². The lowest BCUT2D eigenvalue weighted by molar-refractivity contribution is -0.108. The zero-order valence-electron chi connectivity index (χ0n) is 16.6. The number of rotatable bonds is 9. The van der Waals surface area contributed by atoms with Crippen LogP contribution >= 0.6 is 0 Å². The monoisotopic (exact) mass is 453 g/mol. The van der Waals surface area contributed by atoms with Crippen molar-refractivity contribution in [2.24, 2.45) is 0 Å². The summed E-state index contributed by atoms with van der Waals surface area (Å²) in [6, 6.07) is 7.43. The predicted molar refractivity (Wildman–Crippen MR) is 113 cm³/mol. The second-order valence-electron chi connectivity index (χ2n) is 7.04. The fourth-order valence-corrected chi connectivity index (χ4v) is 4.92. The molecule has 1 atom stereocenters. The third kappa shape index (κ3) is 4.90. The van der Waals surface area contributed by atoms with E-state index in [1.807, 2.05) is 0 Å². The predicted octanol–water partition coefficient (Wildman–Crippen LogP) is 1.26. The molecule has 162 valence electrons. The molecule has 1 unspecified atom stereocenters. The van der Waals surface area contributed by atoms with E-state index >= 15 is 0 Å². The van der Waals surface area contributed by atoms with Gasteiger partial charge in [-0.15, -0.1) is 0 Å². The summed E-state index contributed by atoms with van der Waals surface area (Å²) in [5, 5.41) is 2.94. The summed E-state index contributed by atoms with van der Waals surface area (Å²) in [5.74, 6) is 0.390. The van der Waals surface area contributed by atoms with Crippen molar-refractivity contribution in [1.82, 2.24) is 4.98 Å². The van der Waals surface area contributed by atoms with Gasteiger partial charge in [0.05, 0.1) is 29.8 Å². The molecule has 0 spiro atoms. The van der Waals surface area contributed by atoms with Crippen molar-refractivity contribution in [2.45, 2.75) is 23.9 Å². The van der Waals surface area contributed by atoms with E-state index in [1.54, 1.807) is 24.3 Å². The smallest absolute Gasteiger partial charge is 0.281 e. The Balaban J connectivity index is 1.92. The van der Waals surface area contributed by atoms with Gasteiger partial charge in [-0.3, -0.25) is 4.31 Å². The fraction of sp³-hybridized carbons (Fsp3) is 0.368. The molecule has 30 heavy (non-hydrogen) atoms. The maximum atomic E-state index is 13.0. The number of ether oxygens (including phenoxy) is 1. The average Bonchev–Trinajstić information content (AvgIpc) is 3.13. The van der Waals surface area contributed by atoms with E-state index in [0.717, 1.165) is 22.4 Å². The number of aromatic nitrogens is 1. The number of benzene rings is 1. The number of sulfonamides is 1. The van der Waals surface area contributed by atoms with Gasteiger partial charge in [0, 0.05) is 32.0 Å². The summed E-state index contributed by atoms with van der Waals surface area (Å²) in [5.41, 5.74) is 1.60. The maximum Gasteiger partial charge on any atom is 0.281 e. The van der Waals surface area contributed by atoms with E-state index in [4.69, 9.17) is 4.74 Å². The van der Waals surface area contributed by atoms with Crippen LogP contribution in [0.2, 0.25) is 0 Å². The van der Waals surface area contributed by atoms with Gasteiger partial charge in [0.25, 0.3) is 10.0 Å². The van der Waals surface area contributed by atoms with Crippen molar-refractivity contribution in [3.05, 3.63) is 42.1 Å². The molecule has 0 bridgehead atoms. The maximum absolute atomic E-state index is 13.0. The number of pyridine rings is 1. The van der Waals surface area contributed by atoms with Crippen LogP contribution in [0.5, 0.6) is 5.75 Å². The summed E-state index contributed by atoms with van der Waals surface area (Å²) in [4.78, 5) is 15.2. The fourth-order valence-electron chi connectivity index (χ4n) is 3.15. The quantitative estimate of drug-likeness (QED) is 0.445. The highest BCUT2D eigenvalue weighted by atomic mass is 32.2. The number of aldehydes is 1. The Morgan fingerprint density at radius 1 is 1.27 bits per heavy atom. The first-order valence-corrected chi connectivity index (χ1v) is 12.7. The normalized spacial score (nSPS) is 15.9.